The van der Waals surface area contributed by atoms with Crippen molar-refractivity contribution in [2.75, 3.05) is 5.32 Å². The SMILES string of the molecule is Cc1ccc(C(=O)Nc2ccc(C#N)cc2Cl)s1. The lowest BCUT2D eigenvalue weighted by atomic mass is 10.2. The number of halogens is 1. The highest BCUT2D eigenvalue weighted by atomic mass is 35.5. The molecular weight excluding hydrogens is 268 g/mol. The number of nitriles is 1. The molecule has 5 heteroatoms. The molecule has 0 atom stereocenters. The van der Waals surface area contributed by atoms with E-state index in [1.165, 1.54) is 17.4 Å². The van der Waals surface area contributed by atoms with Crippen LogP contribution in [0.25, 0.3) is 0 Å². The standard InChI is InChI=1S/C13H9ClN2OS/c1-8-2-5-12(18-8)13(17)16-11-4-3-9(7-15)6-10(11)14/h2-6H,1H3,(H,16,17). The molecule has 0 spiro atoms. The van der Waals surface area contributed by atoms with Crippen molar-refractivity contribution >= 4 is 34.5 Å². The molecular formula is C13H9ClN2OS. The molecule has 0 radical (unpaired) electrons. The van der Waals surface area contributed by atoms with E-state index < -0.39 is 0 Å². The van der Waals surface area contributed by atoms with E-state index in [1.807, 2.05) is 19.1 Å². The lowest BCUT2D eigenvalue weighted by molar-refractivity contribution is 0.103. The first-order valence-corrected chi connectivity index (χ1v) is 6.37. The van der Waals surface area contributed by atoms with Gasteiger partial charge in [0.2, 0.25) is 0 Å². The maximum Gasteiger partial charge on any atom is 0.265 e. The topological polar surface area (TPSA) is 52.9 Å². The fourth-order valence-electron chi connectivity index (χ4n) is 1.43. The zero-order valence-corrected chi connectivity index (χ0v) is 11.1. The number of benzene rings is 1. The summed E-state index contributed by atoms with van der Waals surface area (Å²) >= 11 is 7.40. The van der Waals surface area contributed by atoms with Crippen molar-refractivity contribution in [3.05, 3.63) is 50.7 Å². The van der Waals surface area contributed by atoms with Crippen LogP contribution in [0.4, 0.5) is 5.69 Å². The maximum atomic E-state index is 11.9. The minimum atomic E-state index is -0.195. The van der Waals surface area contributed by atoms with Crippen molar-refractivity contribution in [3.8, 4) is 6.07 Å². The largest absolute Gasteiger partial charge is 0.320 e. The van der Waals surface area contributed by atoms with Gasteiger partial charge in [-0.2, -0.15) is 5.26 Å². The van der Waals surface area contributed by atoms with Gasteiger partial charge in [0.05, 0.1) is 27.2 Å². The van der Waals surface area contributed by atoms with E-state index in [1.54, 1.807) is 18.2 Å². The summed E-state index contributed by atoms with van der Waals surface area (Å²) in [5.74, 6) is -0.195. The van der Waals surface area contributed by atoms with Gasteiger partial charge in [-0.3, -0.25) is 4.79 Å². The highest BCUT2D eigenvalue weighted by Gasteiger charge is 2.10. The second-order valence-electron chi connectivity index (χ2n) is 3.67. The molecule has 0 aliphatic heterocycles. The van der Waals surface area contributed by atoms with Gasteiger partial charge in [0.15, 0.2) is 0 Å². The molecule has 2 rings (SSSR count). The van der Waals surface area contributed by atoms with Gasteiger partial charge >= 0.3 is 0 Å². The number of aryl methyl sites for hydroxylation is 1. The Labute approximate surface area is 114 Å². The lowest BCUT2D eigenvalue weighted by Gasteiger charge is -2.05. The lowest BCUT2D eigenvalue weighted by Crippen LogP contribution is -2.10. The Bertz CT molecular complexity index is 643. The fourth-order valence-corrected chi connectivity index (χ4v) is 2.42. The molecule has 0 bridgehead atoms. The molecule has 0 saturated carbocycles. The van der Waals surface area contributed by atoms with E-state index >= 15 is 0 Å². The van der Waals surface area contributed by atoms with Crippen LogP contribution in [0.15, 0.2) is 30.3 Å². The molecule has 3 nitrogen and oxygen atoms in total. The number of thiophene rings is 1. The zero-order valence-electron chi connectivity index (χ0n) is 9.53. The molecule has 0 aliphatic carbocycles. The summed E-state index contributed by atoms with van der Waals surface area (Å²) in [5.41, 5.74) is 0.969. The number of carbonyl (C=O) groups is 1. The number of amides is 1. The third kappa shape index (κ3) is 2.70. The molecule has 90 valence electrons. The number of carbonyl (C=O) groups excluding carboxylic acids is 1. The first kappa shape index (κ1) is 12.6. The number of nitrogens with one attached hydrogen (secondary N) is 1. The number of hydrogen-bond acceptors (Lipinski definition) is 3. The van der Waals surface area contributed by atoms with Crippen molar-refractivity contribution in [2.24, 2.45) is 0 Å². The van der Waals surface area contributed by atoms with Crippen molar-refractivity contribution in [2.45, 2.75) is 6.92 Å². The normalized spacial score (nSPS) is 9.83. The van der Waals surface area contributed by atoms with Crippen LogP contribution in [0.1, 0.15) is 20.1 Å². The maximum absolute atomic E-state index is 11.9. The van der Waals surface area contributed by atoms with Crippen LogP contribution in [0.2, 0.25) is 5.02 Å². The number of hydrogen-bond donors (Lipinski definition) is 1. The van der Waals surface area contributed by atoms with Crippen molar-refractivity contribution < 1.29 is 4.79 Å². The van der Waals surface area contributed by atoms with Crippen LogP contribution in [0, 0.1) is 18.3 Å². The Morgan fingerprint density at radius 3 is 2.72 bits per heavy atom. The van der Waals surface area contributed by atoms with Gasteiger partial charge in [0.1, 0.15) is 0 Å². The quantitative estimate of drug-likeness (QED) is 0.906. The van der Waals surface area contributed by atoms with Gasteiger partial charge in [-0.05, 0) is 37.3 Å². The summed E-state index contributed by atoms with van der Waals surface area (Å²) < 4.78 is 0. The fraction of sp³-hybridized carbons (Fsp3) is 0.0769. The average molecular weight is 277 g/mol. The molecule has 0 aliphatic rings. The van der Waals surface area contributed by atoms with Crippen LogP contribution in [-0.2, 0) is 0 Å². The van der Waals surface area contributed by atoms with Crippen molar-refractivity contribution in [1.29, 1.82) is 5.26 Å². The number of nitrogens with zero attached hydrogens (tertiary/aromatic N) is 1. The van der Waals surface area contributed by atoms with Crippen LogP contribution in [0.5, 0.6) is 0 Å². The molecule has 1 aromatic carbocycles. The third-order valence-electron chi connectivity index (χ3n) is 2.31. The summed E-state index contributed by atoms with van der Waals surface area (Å²) in [4.78, 5) is 13.6. The van der Waals surface area contributed by atoms with E-state index in [9.17, 15) is 4.79 Å². The second-order valence-corrected chi connectivity index (χ2v) is 5.37. The minimum Gasteiger partial charge on any atom is -0.320 e. The van der Waals surface area contributed by atoms with Crippen LogP contribution < -0.4 is 5.32 Å². The van der Waals surface area contributed by atoms with E-state index in [-0.39, 0.29) is 5.91 Å². The van der Waals surface area contributed by atoms with Crippen molar-refractivity contribution in [3.63, 3.8) is 0 Å². The van der Waals surface area contributed by atoms with E-state index in [4.69, 9.17) is 16.9 Å². The summed E-state index contributed by atoms with van der Waals surface area (Å²) in [6.45, 7) is 1.94. The Hall–Kier alpha value is -1.83. The number of rotatable bonds is 2. The second kappa shape index (κ2) is 5.21. The smallest absolute Gasteiger partial charge is 0.265 e. The minimum absolute atomic E-state index is 0.195. The van der Waals surface area contributed by atoms with E-state index in [0.717, 1.165) is 4.88 Å². The third-order valence-corrected chi connectivity index (χ3v) is 3.62. The Morgan fingerprint density at radius 1 is 1.39 bits per heavy atom. The Morgan fingerprint density at radius 2 is 2.17 bits per heavy atom. The van der Waals surface area contributed by atoms with Gasteiger partial charge in [0, 0.05) is 4.88 Å². The molecule has 1 amide bonds. The Kier molecular flexibility index (Phi) is 3.66. The number of anilines is 1. The molecule has 0 unspecified atom stereocenters. The summed E-state index contributed by atoms with van der Waals surface area (Å²) in [6, 6.07) is 10.4. The van der Waals surface area contributed by atoms with Crippen LogP contribution in [0.3, 0.4) is 0 Å². The molecule has 0 fully saturated rings. The molecule has 2 aromatic rings. The summed E-state index contributed by atoms with van der Waals surface area (Å²) in [7, 11) is 0. The van der Waals surface area contributed by atoms with Gasteiger partial charge in [0.25, 0.3) is 5.91 Å². The predicted molar refractivity (Wildman–Crippen MR) is 73.2 cm³/mol. The average Bonchev–Trinajstić information content (AvgIpc) is 2.78. The molecule has 0 saturated heterocycles. The van der Waals surface area contributed by atoms with Crippen LogP contribution >= 0.6 is 22.9 Å². The van der Waals surface area contributed by atoms with Crippen molar-refractivity contribution in [1.82, 2.24) is 0 Å². The molecule has 1 aromatic heterocycles. The van der Waals surface area contributed by atoms with Crippen LogP contribution in [-0.4, -0.2) is 5.91 Å². The predicted octanol–water partition coefficient (Wildman–Crippen LogP) is 3.83. The van der Waals surface area contributed by atoms with Gasteiger partial charge in [-0.1, -0.05) is 11.6 Å². The monoisotopic (exact) mass is 276 g/mol. The first-order chi connectivity index (χ1) is 8.60. The Balaban J connectivity index is 2.20. The van der Waals surface area contributed by atoms with Gasteiger partial charge < -0.3 is 5.32 Å². The highest BCUT2D eigenvalue weighted by molar-refractivity contribution is 7.14. The first-order valence-electron chi connectivity index (χ1n) is 5.17. The molecule has 1 heterocycles. The van der Waals surface area contributed by atoms with Gasteiger partial charge in [-0.15, -0.1) is 11.3 Å². The van der Waals surface area contributed by atoms with E-state index in [2.05, 4.69) is 5.32 Å². The van der Waals surface area contributed by atoms with Gasteiger partial charge in [-0.25, -0.2) is 0 Å². The highest BCUT2D eigenvalue weighted by Crippen LogP contribution is 2.24. The van der Waals surface area contributed by atoms with E-state index in [0.29, 0.717) is 21.2 Å². The summed E-state index contributed by atoms with van der Waals surface area (Å²) in [6.07, 6.45) is 0. The zero-order chi connectivity index (χ0) is 13.1. The summed E-state index contributed by atoms with van der Waals surface area (Å²) in [5, 5.41) is 11.8. The molecule has 18 heavy (non-hydrogen) atoms. The molecule has 1 N–H and O–H groups in total.